The maximum atomic E-state index is 12.7. The Bertz CT molecular complexity index is 1010. The molecule has 0 unspecified atom stereocenters. The molecule has 0 bridgehead atoms. The highest BCUT2D eigenvalue weighted by Crippen LogP contribution is 2.43. The number of carbonyl (C=O) groups excluding carboxylic acids is 1. The lowest BCUT2D eigenvalue weighted by Crippen LogP contribution is -2.12. The van der Waals surface area contributed by atoms with Crippen LogP contribution in [0.15, 0.2) is 48.5 Å². The molecule has 2 aromatic carbocycles. The van der Waals surface area contributed by atoms with E-state index in [1.807, 2.05) is 64.6 Å². The molecule has 8 heteroatoms. The molecular formula is C21H21N5OS2. The highest BCUT2D eigenvalue weighted by atomic mass is 32.2. The van der Waals surface area contributed by atoms with Gasteiger partial charge in [-0.3, -0.25) is 4.79 Å². The highest BCUT2D eigenvalue weighted by Gasteiger charge is 2.28. The molecule has 1 saturated heterocycles. The van der Waals surface area contributed by atoms with Crippen molar-refractivity contribution in [3.8, 4) is 11.4 Å². The number of aromatic nitrogens is 4. The zero-order chi connectivity index (χ0) is 19.6. The van der Waals surface area contributed by atoms with Crippen LogP contribution >= 0.6 is 23.5 Å². The Kier molecular flexibility index (Phi) is 5.28. The first-order valence-electron chi connectivity index (χ1n) is 9.81. The number of rotatable bonds is 5. The molecule has 29 heavy (non-hydrogen) atoms. The molecule has 0 radical (unpaired) electrons. The number of hydrogen-bond acceptors (Lipinski definition) is 6. The standard InChI is InChI=1S/C21H21N5OS2/c27-20(14-5-7-15(8-6-14)21-28-11-2-12-29-21)22-17-4-1-3-16(13-17)19-23-24-25-26(19)18-9-10-18/h1,3-8,13,18,21H,2,9-12H2,(H,22,27). The van der Waals surface area contributed by atoms with Crippen molar-refractivity contribution >= 4 is 35.1 Å². The third-order valence-corrected chi connectivity index (χ3v) is 8.05. The fourth-order valence-electron chi connectivity index (χ4n) is 3.36. The average Bonchev–Trinajstić information content (AvgIpc) is 3.50. The SMILES string of the molecule is O=C(Nc1cccc(-c2nnnn2C2CC2)c1)c1ccc(C2SCCCS2)cc1. The van der Waals surface area contributed by atoms with Gasteiger partial charge in [0, 0.05) is 16.8 Å². The van der Waals surface area contributed by atoms with Crippen LogP contribution < -0.4 is 5.32 Å². The van der Waals surface area contributed by atoms with Gasteiger partial charge in [-0.25, -0.2) is 4.68 Å². The number of nitrogens with one attached hydrogen (secondary N) is 1. The van der Waals surface area contributed by atoms with Gasteiger partial charge in [0.1, 0.15) is 0 Å². The number of amides is 1. The lowest BCUT2D eigenvalue weighted by molar-refractivity contribution is 0.102. The van der Waals surface area contributed by atoms with Gasteiger partial charge in [0.2, 0.25) is 0 Å². The number of carbonyl (C=O) groups is 1. The first-order valence-corrected chi connectivity index (χ1v) is 11.9. The van der Waals surface area contributed by atoms with E-state index in [9.17, 15) is 4.79 Å². The van der Waals surface area contributed by atoms with Crippen LogP contribution in [-0.2, 0) is 0 Å². The van der Waals surface area contributed by atoms with E-state index in [-0.39, 0.29) is 5.91 Å². The molecule has 0 atom stereocenters. The Labute approximate surface area is 177 Å². The normalized spacial score (nSPS) is 17.2. The molecule has 1 aliphatic heterocycles. The van der Waals surface area contributed by atoms with Crippen molar-refractivity contribution in [2.24, 2.45) is 0 Å². The van der Waals surface area contributed by atoms with Gasteiger partial charge in [-0.15, -0.1) is 28.6 Å². The van der Waals surface area contributed by atoms with Crippen LogP contribution in [0.2, 0.25) is 0 Å². The zero-order valence-electron chi connectivity index (χ0n) is 15.8. The molecule has 2 aliphatic rings. The summed E-state index contributed by atoms with van der Waals surface area (Å²) in [4.78, 5) is 12.7. The van der Waals surface area contributed by atoms with Gasteiger partial charge in [0.05, 0.1) is 10.6 Å². The summed E-state index contributed by atoms with van der Waals surface area (Å²) in [6.07, 6.45) is 3.50. The third-order valence-electron chi connectivity index (χ3n) is 5.04. The van der Waals surface area contributed by atoms with E-state index in [0.717, 1.165) is 29.9 Å². The van der Waals surface area contributed by atoms with Gasteiger partial charge in [0.15, 0.2) is 5.82 Å². The van der Waals surface area contributed by atoms with Crippen molar-refractivity contribution in [1.29, 1.82) is 0 Å². The van der Waals surface area contributed by atoms with E-state index in [0.29, 0.717) is 16.2 Å². The topological polar surface area (TPSA) is 72.7 Å². The van der Waals surface area contributed by atoms with Crippen molar-refractivity contribution in [3.63, 3.8) is 0 Å². The first-order chi connectivity index (χ1) is 14.3. The number of hydrogen-bond donors (Lipinski definition) is 1. The van der Waals surface area contributed by atoms with Gasteiger partial charge >= 0.3 is 0 Å². The molecule has 0 spiro atoms. The molecule has 1 aliphatic carbocycles. The van der Waals surface area contributed by atoms with Crippen LogP contribution in [0.1, 0.15) is 45.8 Å². The average molecular weight is 424 g/mol. The van der Waals surface area contributed by atoms with Crippen LogP contribution in [0, 0.1) is 0 Å². The smallest absolute Gasteiger partial charge is 0.255 e. The monoisotopic (exact) mass is 423 g/mol. The second-order valence-corrected chi connectivity index (χ2v) is 9.99. The van der Waals surface area contributed by atoms with Gasteiger partial charge < -0.3 is 5.32 Å². The van der Waals surface area contributed by atoms with E-state index < -0.39 is 0 Å². The summed E-state index contributed by atoms with van der Waals surface area (Å²) in [6, 6.07) is 16.1. The third kappa shape index (κ3) is 4.18. The Balaban J connectivity index is 1.30. The highest BCUT2D eigenvalue weighted by molar-refractivity contribution is 8.16. The van der Waals surface area contributed by atoms with Crippen molar-refractivity contribution in [2.45, 2.75) is 29.9 Å². The Hall–Kier alpha value is -2.32. The molecule has 2 fully saturated rings. The molecule has 148 valence electrons. The van der Waals surface area contributed by atoms with Gasteiger partial charge in [0.25, 0.3) is 5.91 Å². The maximum absolute atomic E-state index is 12.7. The van der Waals surface area contributed by atoms with Crippen molar-refractivity contribution in [2.75, 3.05) is 16.8 Å². The molecule has 2 heterocycles. The summed E-state index contributed by atoms with van der Waals surface area (Å²) in [7, 11) is 0. The molecule has 3 aromatic rings. The van der Waals surface area contributed by atoms with E-state index >= 15 is 0 Å². The molecule has 5 rings (SSSR count). The maximum Gasteiger partial charge on any atom is 0.255 e. The van der Waals surface area contributed by atoms with Gasteiger partial charge in [-0.05, 0) is 71.0 Å². The van der Waals surface area contributed by atoms with E-state index in [1.54, 1.807) is 0 Å². The number of tetrazole rings is 1. The van der Waals surface area contributed by atoms with Crippen LogP contribution in [-0.4, -0.2) is 37.6 Å². The second-order valence-electron chi connectivity index (χ2n) is 7.26. The predicted molar refractivity (Wildman–Crippen MR) is 118 cm³/mol. The van der Waals surface area contributed by atoms with E-state index in [1.165, 1.54) is 23.5 Å². The number of benzene rings is 2. The van der Waals surface area contributed by atoms with Crippen LogP contribution in [0.3, 0.4) is 0 Å². The lowest BCUT2D eigenvalue weighted by Gasteiger charge is -2.21. The Morgan fingerprint density at radius 3 is 2.62 bits per heavy atom. The summed E-state index contributed by atoms with van der Waals surface area (Å²) in [5, 5.41) is 15.1. The summed E-state index contributed by atoms with van der Waals surface area (Å²) < 4.78 is 2.36. The molecule has 1 N–H and O–H groups in total. The van der Waals surface area contributed by atoms with Crippen molar-refractivity contribution in [3.05, 3.63) is 59.7 Å². The minimum Gasteiger partial charge on any atom is -0.322 e. The first kappa shape index (κ1) is 18.7. The number of thioether (sulfide) groups is 2. The number of anilines is 1. The molecule has 1 aromatic heterocycles. The lowest BCUT2D eigenvalue weighted by atomic mass is 10.1. The fraction of sp³-hybridized carbons (Fsp3) is 0.333. The van der Waals surface area contributed by atoms with Crippen LogP contribution in [0.5, 0.6) is 0 Å². The van der Waals surface area contributed by atoms with Crippen LogP contribution in [0.25, 0.3) is 11.4 Å². The largest absolute Gasteiger partial charge is 0.322 e. The van der Waals surface area contributed by atoms with E-state index in [4.69, 9.17) is 0 Å². The summed E-state index contributed by atoms with van der Waals surface area (Å²) in [5.41, 5.74) is 3.58. The Morgan fingerprint density at radius 2 is 1.86 bits per heavy atom. The molecule has 6 nitrogen and oxygen atoms in total. The van der Waals surface area contributed by atoms with E-state index in [2.05, 4.69) is 33.0 Å². The fourth-order valence-corrected chi connectivity index (χ4v) is 6.25. The van der Waals surface area contributed by atoms with Crippen molar-refractivity contribution in [1.82, 2.24) is 20.2 Å². The van der Waals surface area contributed by atoms with Gasteiger partial charge in [-0.1, -0.05) is 24.3 Å². The van der Waals surface area contributed by atoms with Crippen LogP contribution in [0.4, 0.5) is 5.69 Å². The second kappa shape index (κ2) is 8.20. The summed E-state index contributed by atoms with van der Waals surface area (Å²) in [6.45, 7) is 0. The molecule has 1 saturated carbocycles. The minimum absolute atomic E-state index is 0.112. The predicted octanol–water partition coefficient (Wildman–Crippen LogP) is 4.80. The number of nitrogens with zero attached hydrogens (tertiary/aromatic N) is 4. The zero-order valence-corrected chi connectivity index (χ0v) is 17.5. The molecule has 1 amide bonds. The van der Waals surface area contributed by atoms with Gasteiger partial charge in [-0.2, -0.15) is 0 Å². The minimum atomic E-state index is -0.112. The summed E-state index contributed by atoms with van der Waals surface area (Å²) in [5.74, 6) is 3.05. The van der Waals surface area contributed by atoms with Crippen molar-refractivity contribution < 1.29 is 4.79 Å². The quantitative estimate of drug-likeness (QED) is 0.636. The summed E-state index contributed by atoms with van der Waals surface area (Å²) >= 11 is 3.97. The molecular weight excluding hydrogens is 402 g/mol. The Morgan fingerprint density at radius 1 is 1.07 bits per heavy atom.